The van der Waals surface area contributed by atoms with E-state index >= 15 is 0 Å². The minimum Gasteiger partial charge on any atom is -0.388 e. The van der Waals surface area contributed by atoms with Gasteiger partial charge in [-0.15, -0.1) is 0 Å². The summed E-state index contributed by atoms with van der Waals surface area (Å²) >= 11 is 0. The molecule has 0 radical (unpaired) electrons. The molecule has 0 aromatic heterocycles. The minimum atomic E-state index is -4.31. The zero-order valence-corrected chi connectivity index (χ0v) is 10.4. The molecule has 0 heterocycles. The Morgan fingerprint density at radius 2 is 1.72 bits per heavy atom. The molecule has 0 saturated heterocycles. The second kappa shape index (κ2) is 5.27. The summed E-state index contributed by atoms with van der Waals surface area (Å²) in [5.74, 6) is 0. The zero-order chi connectivity index (χ0) is 14.0. The molecule has 0 aliphatic rings. The van der Waals surface area contributed by atoms with Crippen LogP contribution in [0.5, 0.6) is 0 Å². The van der Waals surface area contributed by atoms with Crippen molar-refractivity contribution < 1.29 is 26.7 Å². The predicted octanol–water partition coefficient (Wildman–Crippen LogP) is 2.47. The lowest BCUT2D eigenvalue weighted by Crippen LogP contribution is -2.10. The van der Waals surface area contributed by atoms with Crippen LogP contribution >= 0.6 is 0 Å². The van der Waals surface area contributed by atoms with E-state index in [1.54, 1.807) is 0 Å². The molecule has 1 rings (SSSR count). The molecule has 1 aromatic rings. The molecule has 3 nitrogen and oxygen atoms in total. The van der Waals surface area contributed by atoms with Gasteiger partial charge in [0, 0.05) is 12.7 Å². The fourth-order valence-corrected chi connectivity index (χ4v) is 2.03. The smallest absolute Gasteiger partial charge is 0.388 e. The van der Waals surface area contributed by atoms with Crippen LogP contribution in [0.4, 0.5) is 13.2 Å². The maximum absolute atomic E-state index is 12.0. The molecule has 0 bridgehead atoms. The second-order valence-electron chi connectivity index (χ2n) is 4.01. The SMILES string of the molecule is CS(=O)(=O)c1ccc(C(O)CCC(F)(F)F)cc1. The molecule has 102 valence electrons. The maximum atomic E-state index is 12.0. The molecule has 0 spiro atoms. The van der Waals surface area contributed by atoms with Crippen molar-refractivity contribution in [1.29, 1.82) is 0 Å². The number of rotatable bonds is 4. The summed E-state index contributed by atoms with van der Waals surface area (Å²) in [7, 11) is -3.34. The summed E-state index contributed by atoms with van der Waals surface area (Å²) in [6.45, 7) is 0. The average Bonchev–Trinajstić information content (AvgIpc) is 2.24. The van der Waals surface area contributed by atoms with Crippen molar-refractivity contribution in [2.45, 2.75) is 30.0 Å². The molecule has 18 heavy (non-hydrogen) atoms. The predicted molar refractivity (Wildman–Crippen MR) is 59.8 cm³/mol. The Labute approximate surface area is 103 Å². The number of halogens is 3. The summed E-state index contributed by atoms with van der Waals surface area (Å²) in [6.07, 6.45) is -6.06. The quantitative estimate of drug-likeness (QED) is 0.923. The van der Waals surface area contributed by atoms with Gasteiger partial charge in [0.1, 0.15) is 0 Å². The molecule has 1 aromatic carbocycles. The number of hydrogen-bond acceptors (Lipinski definition) is 3. The molecule has 1 N–H and O–H groups in total. The fourth-order valence-electron chi connectivity index (χ4n) is 1.40. The van der Waals surface area contributed by atoms with Gasteiger partial charge >= 0.3 is 6.18 Å². The van der Waals surface area contributed by atoms with Crippen LogP contribution < -0.4 is 0 Å². The molecule has 1 unspecified atom stereocenters. The van der Waals surface area contributed by atoms with Crippen molar-refractivity contribution >= 4 is 9.84 Å². The number of aliphatic hydroxyl groups excluding tert-OH is 1. The lowest BCUT2D eigenvalue weighted by atomic mass is 10.1. The molecule has 7 heteroatoms. The Morgan fingerprint density at radius 1 is 1.22 bits per heavy atom. The van der Waals surface area contributed by atoms with Crippen LogP contribution in [0.15, 0.2) is 29.2 Å². The van der Waals surface area contributed by atoms with Crippen LogP contribution in [-0.2, 0) is 9.84 Å². The van der Waals surface area contributed by atoms with Gasteiger partial charge in [0.15, 0.2) is 9.84 Å². The first-order chi connectivity index (χ1) is 8.09. The minimum absolute atomic E-state index is 0.0641. The summed E-state index contributed by atoms with van der Waals surface area (Å²) in [4.78, 5) is 0.0641. The summed E-state index contributed by atoms with van der Waals surface area (Å²) in [5, 5.41) is 9.53. The van der Waals surface area contributed by atoms with E-state index in [0.29, 0.717) is 0 Å². The van der Waals surface area contributed by atoms with Crippen LogP contribution in [0, 0.1) is 0 Å². The van der Waals surface area contributed by atoms with Gasteiger partial charge in [-0.25, -0.2) is 8.42 Å². The first kappa shape index (κ1) is 15.0. The van der Waals surface area contributed by atoms with Crippen molar-refractivity contribution in [1.82, 2.24) is 0 Å². The largest absolute Gasteiger partial charge is 0.389 e. The van der Waals surface area contributed by atoms with E-state index in [9.17, 15) is 26.7 Å². The summed E-state index contributed by atoms with van der Waals surface area (Å²) < 4.78 is 58.2. The number of aliphatic hydroxyl groups is 1. The third-order valence-corrected chi connectivity index (χ3v) is 3.52. The van der Waals surface area contributed by atoms with Crippen molar-refractivity contribution in [2.24, 2.45) is 0 Å². The highest BCUT2D eigenvalue weighted by molar-refractivity contribution is 7.90. The summed E-state index contributed by atoms with van der Waals surface area (Å²) in [5.41, 5.74) is 0.270. The number of sulfone groups is 1. The Bertz CT molecular complexity index is 491. The molecule has 0 saturated carbocycles. The molecule has 0 aliphatic carbocycles. The van der Waals surface area contributed by atoms with E-state index in [2.05, 4.69) is 0 Å². The van der Waals surface area contributed by atoms with E-state index in [4.69, 9.17) is 0 Å². The molecule has 0 amide bonds. The Hall–Kier alpha value is -1.08. The van der Waals surface area contributed by atoms with Crippen molar-refractivity contribution in [3.8, 4) is 0 Å². The van der Waals surface area contributed by atoms with Crippen LogP contribution in [0.25, 0.3) is 0 Å². The van der Waals surface area contributed by atoms with Crippen LogP contribution in [-0.4, -0.2) is 26.0 Å². The van der Waals surface area contributed by atoms with Gasteiger partial charge in [-0.1, -0.05) is 12.1 Å². The van der Waals surface area contributed by atoms with E-state index in [1.807, 2.05) is 0 Å². The van der Waals surface area contributed by atoms with Gasteiger partial charge in [-0.05, 0) is 24.1 Å². The monoisotopic (exact) mass is 282 g/mol. The van der Waals surface area contributed by atoms with Crippen LogP contribution in [0.1, 0.15) is 24.5 Å². The van der Waals surface area contributed by atoms with Crippen LogP contribution in [0.3, 0.4) is 0 Å². The highest BCUT2D eigenvalue weighted by atomic mass is 32.2. The van der Waals surface area contributed by atoms with Crippen molar-refractivity contribution in [3.63, 3.8) is 0 Å². The average molecular weight is 282 g/mol. The van der Waals surface area contributed by atoms with E-state index in [0.717, 1.165) is 6.26 Å². The van der Waals surface area contributed by atoms with Gasteiger partial charge in [0.2, 0.25) is 0 Å². The Balaban J connectivity index is 2.74. The van der Waals surface area contributed by atoms with E-state index in [-0.39, 0.29) is 10.5 Å². The highest BCUT2D eigenvalue weighted by Crippen LogP contribution is 2.27. The van der Waals surface area contributed by atoms with Gasteiger partial charge < -0.3 is 5.11 Å². The molecular weight excluding hydrogens is 269 g/mol. The standard InChI is InChI=1S/C11H13F3O3S/c1-18(16,17)9-4-2-8(3-5-9)10(15)6-7-11(12,13)14/h2-5,10,15H,6-7H2,1H3. The number of benzene rings is 1. The zero-order valence-electron chi connectivity index (χ0n) is 9.61. The highest BCUT2D eigenvalue weighted by Gasteiger charge is 2.28. The van der Waals surface area contributed by atoms with E-state index < -0.39 is 35.0 Å². The maximum Gasteiger partial charge on any atom is 0.389 e. The van der Waals surface area contributed by atoms with Gasteiger partial charge in [0.05, 0.1) is 11.0 Å². The first-order valence-corrected chi connectivity index (χ1v) is 7.03. The molecule has 0 fully saturated rings. The first-order valence-electron chi connectivity index (χ1n) is 5.14. The normalized spacial score (nSPS) is 14.5. The topological polar surface area (TPSA) is 54.4 Å². The lowest BCUT2D eigenvalue weighted by molar-refractivity contribution is -0.140. The third-order valence-electron chi connectivity index (χ3n) is 2.39. The van der Waals surface area contributed by atoms with Gasteiger partial charge in [0.25, 0.3) is 0 Å². The molecular formula is C11H13F3O3S. The molecule has 1 atom stereocenters. The van der Waals surface area contributed by atoms with Crippen molar-refractivity contribution in [2.75, 3.05) is 6.26 Å². The third kappa shape index (κ3) is 4.66. The second-order valence-corrected chi connectivity index (χ2v) is 6.03. The number of hydrogen-bond donors (Lipinski definition) is 1. The van der Waals surface area contributed by atoms with Gasteiger partial charge in [-0.2, -0.15) is 13.2 Å². The lowest BCUT2D eigenvalue weighted by Gasteiger charge is -2.12. The van der Waals surface area contributed by atoms with Gasteiger partial charge in [-0.3, -0.25) is 0 Å². The molecule has 0 aliphatic heterocycles. The Kier molecular flexibility index (Phi) is 4.39. The number of alkyl halides is 3. The summed E-state index contributed by atoms with van der Waals surface area (Å²) in [6, 6.07) is 5.16. The van der Waals surface area contributed by atoms with E-state index in [1.165, 1.54) is 24.3 Å². The fraction of sp³-hybridized carbons (Fsp3) is 0.455. The van der Waals surface area contributed by atoms with Crippen LogP contribution in [0.2, 0.25) is 0 Å². The Morgan fingerprint density at radius 3 is 2.11 bits per heavy atom. The van der Waals surface area contributed by atoms with Crippen molar-refractivity contribution in [3.05, 3.63) is 29.8 Å².